The minimum atomic E-state index is -0.359. The molecule has 60 valence electrons. The van der Waals surface area contributed by atoms with E-state index < -0.39 is 0 Å². The van der Waals surface area contributed by atoms with Gasteiger partial charge >= 0.3 is 0 Å². The van der Waals surface area contributed by atoms with Gasteiger partial charge in [-0.3, -0.25) is 4.79 Å². The summed E-state index contributed by atoms with van der Waals surface area (Å²) in [6.07, 6.45) is 2.72. The van der Waals surface area contributed by atoms with Crippen LogP contribution < -0.4 is 11.1 Å². The van der Waals surface area contributed by atoms with Crippen molar-refractivity contribution in [2.45, 2.75) is 6.42 Å². The Morgan fingerprint density at radius 3 is 2.40 bits per heavy atom. The summed E-state index contributed by atoms with van der Waals surface area (Å²) in [7, 11) is 0. The molecule has 0 aromatic carbocycles. The lowest BCUT2D eigenvalue weighted by molar-refractivity contribution is -0.114. The lowest BCUT2D eigenvalue weighted by atomic mass is 10.4. The van der Waals surface area contributed by atoms with Gasteiger partial charge in [-0.15, -0.1) is 24.8 Å². The Morgan fingerprint density at radius 1 is 1.60 bits per heavy atom. The molecule has 0 unspecified atom stereocenters. The largest absolute Gasteiger partial charge is 0.381 e. The molecule has 0 aromatic heterocycles. The van der Waals surface area contributed by atoms with Crippen molar-refractivity contribution in [2.24, 2.45) is 5.73 Å². The van der Waals surface area contributed by atoms with Crippen molar-refractivity contribution in [1.82, 2.24) is 5.32 Å². The second kappa shape index (κ2) is 5.38. The second-order valence-corrected chi connectivity index (χ2v) is 1.70. The number of nitrogens with one attached hydrogen (secondary N) is 1. The van der Waals surface area contributed by atoms with Gasteiger partial charge in [-0.1, -0.05) is 6.08 Å². The molecule has 0 bridgehead atoms. The van der Waals surface area contributed by atoms with Gasteiger partial charge in [-0.25, -0.2) is 0 Å². The molecule has 3 nitrogen and oxygen atoms in total. The van der Waals surface area contributed by atoms with Crippen molar-refractivity contribution in [1.29, 1.82) is 0 Å². The first-order valence-electron chi connectivity index (χ1n) is 2.54. The molecule has 1 heterocycles. The lowest BCUT2D eigenvalue weighted by Crippen LogP contribution is -2.22. The van der Waals surface area contributed by atoms with Crippen LogP contribution in [0.15, 0.2) is 11.8 Å². The van der Waals surface area contributed by atoms with Gasteiger partial charge < -0.3 is 11.1 Å². The van der Waals surface area contributed by atoms with E-state index in [0.717, 1.165) is 13.0 Å². The maximum Gasteiger partial charge on any atom is 0.264 e. The van der Waals surface area contributed by atoms with Crippen LogP contribution in [-0.4, -0.2) is 12.5 Å². The molecule has 0 atom stereocenters. The Balaban J connectivity index is 0. The fraction of sp³-hybridized carbons (Fsp3) is 0.400. The zero-order chi connectivity index (χ0) is 5.98. The molecule has 0 spiro atoms. The SMILES string of the molecule is Cl.Cl.NC(=O)C1=CCCN1. The Morgan fingerprint density at radius 2 is 2.20 bits per heavy atom. The monoisotopic (exact) mass is 184 g/mol. The van der Waals surface area contributed by atoms with Crippen LogP contribution in [-0.2, 0) is 4.79 Å². The molecule has 1 aliphatic rings. The van der Waals surface area contributed by atoms with Crippen molar-refractivity contribution in [2.75, 3.05) is 6.54 Å². The van der Waals surface area contributed by atoms with Gasteiger partial charge in [0, 0.05) is 6.54 Å². The maximum atomic E-state index is 10.3. The third-order valence-corrected chi connectivity index (χ3v) is 1.07. The Kier molecular flexibility index (Phi) is 6.61. The van der Waals surface area contributed by atoms with Crippen LogP contribution >= 0.6 is 24.8 Å². The number of carbonyl (C=O) groups excluding carboxylic acids is 1. The van der Waals surface area contributed by atoms with E-state index in [1.807, 2.05) is 6.08 Å². The molecule has 1 rings (SSSR count). The zero-order valence-corrected chi connectivity index (χ0v) is 6.93. The van der Waals surface area contributed by atoms with Crippen LogP contribution in [0.2, 0.25) is 0 Å². The highest BCUT2D eigenvalue weighted by Crippen LogP contribution is 1.97. The van der Waals surface area contributed by atoms with Gasteiger partial charge in [0.05, 0.1) is 5.70 Å². The van der Waals surface area contributed by atoms with Crippen LogP contribution in [0.3, 0.4) is 0 Å². The van der Waals surface area contributed by atoms with Crippen molar-refractivity contribution >= 4 is 30.7 Å². The minimum Gasteiger partial charge on any atom is -0.381 e. The molecule has 10 heavy (non-hydrogen) atoms. The molecule has 0 radical (unpaired) electrons. The topological polar surface area (TPSA) is 55.1 Å². The van der Waals surface area contributed by atoms with Crippen LogP contribution in [0.25, 0.3) is 0 Å². The number of hydrogen-bond acceptors (Lipinski definition) is 2. The number of amides is 1. The van der Waals surface area contributed by atoms with Crippen LogP contribution in [0.1, 0.15) is 6.42 Å². The molecular formula is C5H10Cl2N2O. The molecule has 1 amide bonds. The minimum absolute atomic E-state index is 0. The number of halogens is 2. The normalized spacial score (nSPS) is 13.8. The maximum absolute atomic E-state index is 10.3. The van der Waals surface area contributed by atoms with Crippen LogP contribution in [0.4, 0.5) is 0 Å². The van der Waals surface area contributed by atoms with Gasteiger partial charge in [0.1, 0.15) is 0 Å². The van der Waals surface area contributed by atoms with Crippen molar-refractivity contribution in [3.05, 3.63) is 11.8 Å². The quantitative estimate of drug-likeness (QED) is 0.612. The van der Waals surface area contributed by atoms with Crippen molar-refractivity contribution < 1.29 is 4.79 Å². The predicted molar refractivity (Wildman–Crippen MR) is 44.4 cm³/mol. The highest BCUT2D eigenvalue weighted by Gasteiger charge is 2.06. The average Bonchev–Trinajstić information content (AvgIpc) is 2.12. The Labute approximate surface area is 71.9 Å². The summed E-state index contributed by atoms with van der Waals surface area (Å²) in [5, 5.41) is 2.84. The van der Waals surface area contributed by atoms with E-state index in [9.17, 15) is 4.79 Å². The van der Waals surface area contributed by atoms with Gasteiger partial charge in [0.15, 0.2) is 0 Å². The predicted octanol–water partition coefficient (Wildman–Crippen LogP) is 0.192. The number of nitrogens with two attached hydrogens (primary N) is 1. The Hall–Kier alpha value is -0.410. The Bertz CT molecular complexity index is 147. The summed E-state index contributed by atoms with van der Waals surface area (Å²) in [6, 6.07) is 0. The number of carbonyl (C=O) groups is 1. The lowest BCUT2D eigenvalue weighted by Gasteiger charge is -1.94. The van der Waals surface area contributed by atoms with E-state index in [0.29, 0.717) is 5.70 Å². The first-order chi connectivity index (χ1) is 3.80. The third-order valence-electron chi connectivity index (χ3n) is 1.07. The summed E-state index contributed by atoms with van der Waals surface area (Å²) in [6.45, 7) is 0.846. The molecular weight excluding hydrogens is 175 g/mol. The molecule has 1 aliphatic heterocycles. The van der Waals surface area contributed by atoms with E-state index in [2.05, 4.69) is 5.32 Å². The first kappa shape index (κ1) is 12.3. The van der Waals surface area contributed by atoms with E-state index in [-0.39, 0.29) is 30.7 Å². The summed E-state index contributed by atoms with van der Waals surface area (Å²) >= 11 is 0. The molecule has 0 fully saturated rings. The molecule has 0 aliphatic carbocycles. The molecule has 0 aromatic rings. The average molecular weight is 185 g/mol. The standard InChI is InChI=1S/C5H8N2O.2ClH/c6-5(8)4-2-1-3-7-4;;/h2,7H,1,3H2,(H2,6,8);2*1H. The molecule has 5 heteroatoms. The number of rotatable bonds is 1. The van der Waals surface area contributed by atoms with E-state index >= 15 is 0 Å². The van der Waals surface area contributed by atoms with Crippen molar-refractivity contribution in [3.63, 3.8) is 0 Å². The summed E-state index contributed by atoms with van der Waals surface area (Å²) in [5.74, 6) is -0.359. The van der Waals surface area contributed by atoms with Gasteiger partial charge in [-0.2, -0.15) is 0 Å². The smallest absolute Gasteiger partial charge is 0.264 e. The number of hydrogen-bond donors (Lipinski definition) is 2. The number of primary amides is 1. The highest BCUT2D eigenvalue weighted by atomic mass is 35.5. The summed E-state index contributed by atoms with van der Waals surface area (Å²) in [4.78, 5) is 10.3. The van der Waals surface area contributed by atoms with E-state index in [4.69, 9.17) is 5.73 Å². The first-order valence-corrected chi connectivity index (χ1v) is 2.54. The zero-order valence-electron chi connectivity index (χ0n) is 5.29. The fourth-order valence-corrected chi connectivity index (χ4v) is 0.683. The van der Waals surface area contributed by atoms with E-state index in [1.165, 1.54) is 0 Å². The van der Waals surface area contributed by atoms with E-state index in [1.54, 1.807) is 0 Å². The molecule has 3 N–H and O–H groups in total. The van der Waals surface area contributed by atoms with Crippen LogP contribution in [0, 0.1) is 0 Å². The van der Waals surface area contributed by atoms with Crippen LogP contribution in [0.5, 0.6) is 0 Å². The molecule has 0 saturated heterocycles. The third kappa shape index (κ3) is 2.94. The van der Waals surface area contributed by atoms with Gasteiger partial charge in [0.25, 0.3) is 5.91 Å². The van der Waals surface area contributed by atoms with Crippen molar-refractivity contribution in [3.8, 4) is 0 Å². The molecule has 0 saturated carbocycles. The van der Waals surface area contributed by atoms with Gasteiger partial charge in [-0.05, 0) is 6.42 Å². The highest BCUT2D eigenvalue weighted by molar-refractivity contribution is 5.91. The summed E-state index contributed by atoms with van der Waals surface area (Å²) < 4.78 is 0. The van der Waals surface area contributed by atoms with Gasteiger partial charge in [0.2, 0.25) is 0 Å². The summed E-state index contributed by atoms with van der Waals surface area (Å²) in [5.41, 5.74) is 5.49. The fourth-order valence-electron chi connectivity index (χ4n) is 0.683. The second-order valence-electron chi connectivity index (χ2n) is 1.70.